The minimum Gasteiger partial charge on any atom is -0.320 e. The van der Waals surface area contributed by atoms with Gasteiger partial charge in [0, 0.05) is 17.8 Å². The number of aryl methyl sites for hydroxylation is 2. The third-order valence-electron chi connectivity index (χ3n) is 3.85. The summed E-state index contributed by atoms with van der Waals surface area (Å²) in [5.41, 5.74) is 1.81. The highest BCUT2D eigenvalue weighted by molar-refractivity contribution is 6.31. The van der Waals surface area contributed by atoms with Gasteiger partial charge in [0.1, 0.15) is 0 Å². The van der Waals surface area contributed by atoms with Crippen LogP contribution in [0.3, 0.4) is 0 Å². The summed E-state index contributed by atoms with van der Waals surface area (Å²) in [6.07, 6.45) is 0.918. The van der Waals surface area contributed by atoms with Crippen molar-refractivity contribution in [2.75, 3.05) is 5.32 Å². The summed E-state index contributed by atoms with van der Waals surface area (Å²) in [6.45, 7) is 2.06. The number of benzene rings is 2. The number of hydrogen-bond donors (Lipinski definition) is 1. The molecule has 0 unspecified atom stereocenters. The smallest absolute Gasteiger partial charge is 0.280 e. The molecule has 0 radical (unpaired) electrons. The molecular formula is C18H16ClN3O2. The highest BCUT2D eigenvalue weighted by Gasteiger charge is 2.17. The van der Waals surface area contributed by atoms with Gasteiger partial charge in [0.2, 0.25) is 5.43 Å². The molecule has 2 aromatic carbocycles. The van der Waals surface area contributed by atoms with Crippen LogP contribution in [0, 0.1) is 0 Å². The van der Waals surface area contributed by atoms with Crippen LogP contribution in [0.25, 0.3) is 10.9 Å². The molecule has 1 aromatic heterocycles. The molecule has 0 saturated heterocycles. The SMILES string of the molecule is CCc1ccc(NC(=O)c2nn(C)c3ccc(Cl)cc3c2=O)cc1. The first-order valence-corrected chi connectivity index (χ1v) is 7.94. The van der Waals surface area contributed by atoms with E-state index < -0.39 is 11.3 Å². The number of amides is 1. The van der Waals surface area contributed by atoms with Gasteiger partial charge in [-0.2, -0.15) is 5.10 Å². The highest BCUT2D eigenvalue weighted by Crippen LogP contribution is 2.16. The fourth-order valence-corrected chi connectivity index (χ4v) is 2.68. The van der Waals surface area contributed by atoms with Crippen LogP contribution in [-0.4, -0.2) is 15.7 Å². The fraction of sp³-hybridized carbons (Fsp3) is 0.167. The molecule has 0 atom stereocenters. The maximum Gasteiger partial charge on any atom is 0.280 e. The number of carbonyl (C=O) groups excluding carboxylic acids is 1. The second-order valence-electron chi connectivity index (χ2n) is 5.47. The van der Waals surface area contributed by atoms with E-state index in [9.17, 15) is 9.59 Å². The number of aromatic nitrogens is 2. The molecule has 122 valence electrons. The zero-order valence-corrected chi connectivity index (χ0v) is 14.1. The Kier molecular flexibility index (Phi) is 4.36. The van der Waals surface area contributed by atoms with Crippen LogP contribution in [0.4, 0.5) is 5.69 Å². The molecular weight excluding hydrogens is 326 g/mol. The molecule has 0 aliphatic rings. The minimum absolute atomic E-state index is 0.160. The van der Waals surface area contributed by atoms with Crippen molar-refractivity contribution < 1.29 is 4.79 Å². The van der Waals surface area contributed by atoms with Crippen LogP contribution in [-0.2, 0) is 13.5 Å². The monoisotopic (exact) mass is 341 g/mol. The van der Waals surface area contributed by atoms with E-state index in [0.717, 1.165) is 6.42 Å². The average molecular weight is 342 g/mol. The highest BCUT2D eigenvalue weighted by atomic mass is 35.5. The maximum absolute atomic E-state index is 12.6. The van der Waals surface area contributed by atoms with Crippen molar-refractivity contribution in [1.29, 1.82) is 0 Å². The van der Waals surface area contributed by atoms with Crippen LogP contribution in [0.1, 0.15) is 23.0 Å². The average Bonchev–Trinajstić information content (AvgIpc) is 2.58. The van der Waals surface area contributed by atoms with Crippen molar-refractivity contribution in [1.82, 2.24) is 9.78 Å². The summed E-state index contributed by atoms with van der Waals surface area (Å²) < 4.78 is 1.50. The first-order valence-electron chi connectivity index (χ1n) is 7.56. The molecule has 1 amide bonds. The predicted octanol–water partition coefficient (Wildman–Crippen LogP) is 3.40. The Balaban J connectivity index is 2.00. The summed E-state index contributed by atoms with van der Waals surface area (Å²) in [6, 6.07) is 12.4. The van der Waals surface area contributed by atoms with Crippen LogP contribution >= 0.6 is 11.6 Å². The number of hydrogen-bond acceptors (Lipinski definition) is 3. The molecule has 1 N–H and O–H groups in total. The quantitative estimate of drug-likeness (QED) is 0.794. The first kappa shape index (κ1) is 16.2. The third-order valence-corrected chi connectivity index (χ3v) is 4.09. The van der Waals surface area contributed by atoms with Gasteiger partial charge in [-0.05, 0) is 42.3 Å². The van der Waals surface area contributed by atoms with Crippen LogP contribution in [0.15, 0.2) is 47.3 Å². The van der Waals surface area contributed by atoms with E-state index in [1.165, 1.54) is 10.2 Å². The Morgan fingerprint density at radius 3 is 2.58 bits per heavy atom. The van der Waals surface area contributed by atoms with E-state index in [4.69, 9.17) is 11.6 Å². The van der Waals surface area contributed by atoms with Crippen LogP contribution in [0.5, 0.6) is 0 Å². The number of rotatable bonds is 3. The summed E-state index contributed by atoms with van der Waals surface area (Å²) in [5.74, 6) is -0.540. The lowest BCUT2D eigenvalue weighted by molar-refractivity contribution is 0.101. The molecule has 0 bridgehead atoms. The fourth-order valence-electron chi connectivity index (χ4n) is 2.51. The molecule has 0 saturated carbocycles. The summed E-state index contributed by atoms with van der Waals surface area (Å²) in [5, 5.41) is 7.62. The van der Waals surface area contributed by atoms with Gasteiger partial charge in [-0.3, -0.25) is 14.3 Å². The standard InChI is InChI=1S/C18H16ClN3O2/c1-3-11-4-7-13(8-5-11)20-18(24)16-17(23)14-10-12(19)6-9-15(14)22(2)21-16/h4-10H,3H2,1-2H3,(H,20,24). The summed E-state index contributed by atoms with van der Waals surface area (Å²) in [4.78, 5) is 25.0. The molecule has 0 spiro atoms. The van der Waals surface area contributed by atoms with Crippen LogP contribution in [0.2, 0.25) is 5.02 Å². The number of halogens is 1. The number of fused-ring (bicyclic) bond motifs is 1. The van der Waals surface area contributed by atoms with E-state index in [1.807, 2.05) is 12.1 Å². The number of nitrogens with zero attached hydrogens (tertiary/aromatic N) is 2. The molecule has 3 aromatic rings. The zero-order chi connectivity index (χ0) is 17.3. The van der Waals surface area contributed by atoms with Gasteiger partial charge in [0.15, 0.2) is 5.69 Å². The van der Waals surface area contributed by atoms with Crippen molar-refractivity contribution in [3.8, 4) is 0 Å². The molecule has 3 rings (SSSR count). The van der Waals surface area contributed by atoms with Crippen LogP contribution < -0.4 is 10.7 Å². The Morgan fingerprint density at radius 1 is 1.21 bits per heavy atom. The van der Waals surface area contributed by atoms with E-state index >= 15 is 0 Å². The van der Waals surface area contributed by atoms with E-state index in [-0.39, 0.29) is 5.69 Å². The van der Waals surface area contributed by atoms with Crippen molar-refractivity contribution in [3.05, 3.63) is 69.0 Å². The third kappa shape index (κ3) is 3.03. The molecule has 24 heavy (non-hydrogen) atoms. The number of nitrogens with one attached hydrogen (secondary N) is 1. The Labute approximate surface area is 143 Å². The second kappa shape index (κ2) is 6.45. The normalized spacial score (nSPS) is 10.8. The van der Waals surface area contributed by atoms with Gasteiger partial charge in [0.25, 0.3) is 5.91 Å². The molecule has 0 fully saturated rings. The first-order chi connectivity index (χ1) is 11.5. The topological polar surface area (TPSA) is 64.0 Å². The molecule has 0 aliphatic heterocycles. The van der Waals surface area contributed by atoms with Crippen molar-refractivity contribution in [3.63, 3.8) is 0 Å². The minimum atomic E-state index is -0.540. The summed E-state index contributed by atoms with van der Waals surface area (Å²) >= 11 is 5.96. The van der Waals surface area contributed by atoms with Gasteiger partial charge in [-0.25, -0.2) is 0 Å². The number of anilines is 1. The van der Waals surface area contributed by atoms with E-state index in [2.05, 4.69) is 17.3 Å². The largest absolute Gasteiger partial charge is 0.320 e. The lowest BCUT2D eigenvalue weighted by Gasteiger charge is -2.09. The lowest BCUT2D eigenvalue weighted by atomic mass is 10.1. The molecule has 6 heteroatoms. The zero-order valence-electron chi connectivity index (χ0n) is 13.3. The molecule has 0 aliphatic carbocycles. The van der Waals surface area contributed by atoms with Crippen molar-refractivity contribution >= 4 is 34.1 Å². The van der Waals surface area contributed by atoms with Crippen molar-refractivity contribution in [2.24, 2.45) is 7.05 Å². The van der Waals surface area contributed by atoms with Gasteiger partial charge < -0.3 is 5.32 Å². The Bertz CT molecular complexity index is 978. The molecule has 1 heterocycles. The van der Waals surface area contributed by atoms with Gasteiger partial charge in [0.05, 0.1) is 10.9 Å². The van der Waals surface area contributed by atoms with Gasteiger partial charge in [-0.15, -0.1) is 0 Å². The van der Waals surface area contributed by atoms with E-state index in [1.54, 1.807) is 37.4 Å². The Morgan fingerprint density at radius 2 is 1.92 bits per heavy atom. The second-order valence-corrected chi connectivity index (χ2v) is 5.90. The lowest BCUT2D eigenvalue weighted by Crippen LogP contribution is -2.26. The Hall–Kier alpha value is -2.66. The van der Waals surface area contributed by atoms with Crippen molar-refractivity contribution in [2.45, 2.75) is 13.3 Å². The van der Waals surface area contributed by atoms with E-state index in [0.29, 0.717) is 21.6 Å². The van der Waals surface area contributed by atoms with Gasteiger partial charge in [-0.1, -0.05) is 30.7 Å². The predicted molar refractivity (Wildman–Crippen MR) is 95.8 cm³/mol. The number of carbonyl (C=O) groups is 1. The maximum atomic E-state index is 12.6. The molecule has 5 nitrogen and oxygen atoms in total. The summed E-state index contributed by atoms with van der Waals surface area (Å²) in [7, 11) is 1.68. The van der Waals surface area contributed by atoms with Gasteiger partial charge >= 0.3 is 0 Å².